The van der Waals surface area contributed by atoms with Gasteiger partial charge in [-0.3, -0.25) is 9.69 Å². The molecule has 2 unspecified atom stereocenters. The van der Waals surface area contributed by atoms with E-state index in [2.05, 4.69) is 29.4 Å². The minimum atomic E-state index is 0.114. The summed E-state index contributed by atoms with van der Waals surface area (Å²) < 4.78 is 0. The number of piperidine rings is 1. The Labute approximate surface area is 92.4 Å². The number of rotatable bonds is 4. The highest BCUT2D eigenvalue weighted by Gasteiger charge is 2.26. The van der Waals surface area contributed by atoms with Crippen molar-refractivity contribution < 1.29 is 4.79 Å². The summed E-state index contributed by atoms with van der Waals surface area (Å²) in [4.78, 5) is 13.6. The number of amides is 1. The molecule has 0 spiro atoms. The van der Waals surface area contributed by atoms with E-state index in [1.807, 2.05) is 0 Å². The van der Waals surface area contributed by atoms with Gasteiger partial charge in [-0.2, -0.15) is 0 Å². The Morgan fingerprint density at radius 3 is 2.87 bits per heavy atom. The third-order valence-electron chi connectivity index (χ3n) is 3.24. The van der Waals surface area contributed by atoms with Crippen molar-refractivity contribution in [2.24, 2.45) is 5.92 Å². The number of carbonyl (C=O) groups is 1. The van der Waals surface area contributed by atoms with Crippen LogP contribution in [-0.4, -0.2) is 50.1 Å². The smallest absolute Gasteiger partial charge is 0.233 e. The molecule has 2 N–H and O–H groups in total. The van der Waals surface area contributed by atoms with Crippen LogP contribution >= 0.6 is 0 Å². The second-order valence-corrected chi connectivity index (χ2v) is 4.27. The first kappa shape index (κ1) is 12.5. The standard InChI is InChI=1S/C11H23N3O/c1-4-14(8-11(15)12-3)10-5-6-13-7-9(10)2/h9-10,13H,4-8H2,1-3H3,(H,12,15). The number of nitrogens with zero attached hydrogens (tertiary/aromatic N) is 1. The molecular formula is C11H23N3O. The molecule has 0 aromatic heterocycles. The fourth-order valence-corrected chi connectivity index (χ4v) is 2.27. The molecule has 4 nitrogen and oxygen atoms in total. The Kier molecular flexibility index (Phi) is 5.05. The minimum Gasteiger partial charge on any atom is -0.358 e. The minimum absolute atomic E-state index is 0.114. The van der Waals surface area contributed by atoms with Gasteiger partial charge in [-0.25, -0.2) is 0 Å². The van der Waals surface area contributed by atoms with Gasteiger partial charge in [-0.05, 0) is 32.0 Å². The van der Waals surface area contributed by atoms with Crippen molar-refractivity contribution in [1.82, 2.24) is 15.5 Å². The molecule has 2 atom stereocenters. The highest BCUT2D eigenvalue weighted by Crippen LogP contribution is 2.17. The summed E-state index contributed by atoms with van der Waals surface area (Å²) in [6, 6.07) is 0.550. The van der Waals surface area contributed by atoms with Gasteiger partial charge in [-0.15, -0.1) is 0 Å². The van der Waals surface area contributed by atoms with Gasteiger partial charge in [-0.1, -0.05) is 13.8 Å². The van der Waals surface area contributed by atoms with Crippen LogP contribution in [0.1, 0.15) is 20.3 Å². The van der Waals surface area contributed by atoms with Crippen molar-refractivity contribution in [3.8, 4) is 0 Å². The molecule has 15 heavy (non-hydrogen) atoms. The zero-order valence-corrected chi connectivity index (χ0v) is 10.0. The summed E-state index contributed by atoms with van der Waals surface area (Å²) >= 11 is 0. The van der Waals surface area contributed by atoms with Gasteiger partial charge in [0.2, 0.25) is 5.91 Å². The van der Waals surface area contributed by atoms with Gasteiger partial charge >= 0.3 is 0 Å². The van der Waals surface area contributed by atoms with Gasteiger partial charge in [0.1, 0.15) is 0 Å². The normalized spacial score (nSPS) is 26.7. The van der Waals surface area contributed by atoms with Crippen molar-refractivity contribution >= 4 is 5.91 Å². The number of carbonyl (C=O) groups excluding carboxylic acids is 1. The molecule has 0 radical (unpaired) electrons. The Morgan fingerprint density at radius 2 is 2.33 bits per heavy atom. The van der Waals surface area contributed by atoms with E-state index in [9.17, 15) is 4.79 Å². The van der Waals surface area contributed by atoms with E-state index in [0.717, 1.165) is 26.1 Å². The maximum Gasteiger partial charge on any atom is 0.233 e. The molecule has 1 aliphatic rings. The number of likely N-dealkylation sites (N-methyl/N-ethyl adjacent to an activating group) is 2. The fraction of sp³-hybridized carbons (Fsp3) is 0.909. The average Bonchev–Trinajstić information content (AvgIpc) is 2.26. The van der Waals surface area contributed by atoms with Crippen LogP contribution < -0.4 is 10.6 Å². The molecule has 0 bridgehead atoms. The summed E-state index contributed by atoms with van der Waals surface area (Å²) in [6.45, 7) is 7.99. The third-order valence-corrected chi connectivity index (χ3v) is 3.24. The summed E-state index contributed by atoms with van der Waals surface area (Å²) in [7, 11) is 1.70. The number of nitrogens with one attached hydrogen (secondary N) is 2. The summed E-state index contributed by atoms with van der Waals surface area (Å²) in [5, 5.41) is 6.07. The van der Waals surface area contributed by atoms with Crippen LogP contribution in [0.3, 0.4) is 0 Å². The Hall–Kier alpha value is -0.610. The average molecular weight is 213 g/mol. The monoisotopic (exact) mass is 213 g/mol. The maximum absolute atomic E-state index is 11.4. The molecular weight excluding hydrogens is 190 g/mol. The molecule has 4 heteroatoms. The first-order chi connectivity index (χ1) is 7.19. The van der Waals surface area contributed by atoms with Crippen LogP contribution in [0.25, 0.3) is 0 Å². The molecule has 1 aliphatic heterocycles. The lowest BCUT2D eigenvalue weighted by Crippen LogP contribution is -2.51. The number of hydrogen-bond donors (Lipinski definition) is 2. The molecule has 1 heterocycles. The lowest BCUT2D eigenvalue weighted by molar-refractivity contribution is -0.122. The van der Waals surface area contributed by atoms with Crippen LogP contribution in [0.5, 0.6) is 0 Å². The lowest BCUT2D eigenvalue weighted by Gasteiger charge is -2.37. The van der Waals surface area contributed by atoms with E-state index in [1.54, 1.807) is 7.05 Å². The molecule has 0 aromatic carbocycles. The molecule has 1 fully saturated rings. The van der Waals surface area contributed by atoms with Crippen molar-refractivity contribution in [1.29, 1.82) is 0 Å². The van der Waals surface area contributed by atoms with E-state index in [0.29, 0.717) is 18.5 Å². The van der Waals surface area contributed by atoms with E-state index in [1.165, 1.54) is 0 Å². The van der Waals surface area contributed by atoms with Gasteiger partial charge in [0.15, 0.2) is 0 Å². The molecule has 1 amide bonds. The first-order valence-corrected chi connectivity index (χ1v) is 5.84. The Balaban J connectivity index is 2.51. The van der Waals surface area contributed by atoms with E-state index >= 15 is 0 Å². The zero-order chi connectivity index (χ0) is 11.3. The molecule has 0 saturated carbocycles. The molecule has 88 valence electrons. The number of hydrogen-bond acceptors (Lipinski definition) is 3. The SMILES string of the molecule is CCN(CC(=O)NC)C1CCNCC1C. The largest absolute Gasteiger partial charge is 0.358 e. The third kappa shape index (κ3) is 3.47. The molecule has 0 aliphatic carbocycles. The maximum atomic E-state index is 11.4. The summed E-state index contributed by atoms with van der Waals surface area (Å²) in [6.07, 6.45) is 1.14. The van der Waals surface area contributed by atoms with Crippen LogP contribution in [0.2, 0.25) is 0 Å². The van der Waals surface area contributed by atoms with Crippen LogP contribution in [0, 0.1) is 5.92 Å². The van der Waals surface area contributed by atoms with Crippen molar-refractivity contribution in [3.63, 3.8) is 0 Å². The van der Waals surface area contributed by atoms with Crippen molar-refractivity contribution in [2.45, 2.75) is 26.3 Å². The first-order valence-electron chi connectivity index (χ1n) is 5.84. The topological polar surface area (TPSA) is 44.4 Å². The second-order valence-electron chi connectivity index (χ2n) is 4.27. The van der Waals surface area contributed by atoms with Gasteiger partial charge in [0.25, 0.3) is 0 Å². The molecule has 1 rings (SSSR count). The van der Waals surface area contributed by atoms with Crippen molar-refractivity contribution in [3.05, 3.63) is 0 Å². The van der Waals surface area contributed by atoms with E-state index < -0.39 is 0 Å². The lowest BCUT2D eigenvalue weighted by atomic mass is 9.93. The van der Waals surface area contributed by atoms with Crippen LogP contribution in [-0.2, 0) is 4.79 Å². The Morgan fingerprint density at radius 1 is 1.60 bits per heavy atom. The Bertz CT molecular complexity index is 208. The van der Waals surface area contributed by atoms with Crippen LogP contribution in [0.15, 0.2) is 0 Å². The fourth-order valence-electron chi connectivity index (χ4n) is 2.27. The van der Waals surface area contributed by atoms with Crippen molar-refractivity contribution in [2.75, 3.05) is 33.2 Å². The zero-order valence-electron chi connectivity index (χ0n) is 10.0. The van der Waals surface area contributed by atoms with Gasteiger partial charge < -0.3 is 10.6 Å². The second kappa shape index (κ2) is 6.08. The van der Waals surface area contributed by atoms with E-state index in [4.69, 9.17) is 0 Å². The summed E-state index contributed by atoms with van der Waals surface area (Å²) in [5.74, 6) is 0.742. The van der Waals surface area contributed by atoms with Crippen LogP contribution in [0.4, 0.5) is 0 Å². The van der Waals surface area contributed by atoms with Gasteiger partial charge in [0, 0.05) is 13.1 Å². The molecule has 1 saturated heterocycles. The summed E-state index contributed by atoms with van der Waals surface area (Å²) in [5.41, 5.74) is 0. The molecule has 0 aromatic rings. The predicted octanol–water partition coefficient (Wildman–Crippen LogP) is 0.0523. The predicted molar refractivity (Wildman–Crippen MR) is 61.8 cm³/mol. The van der Waals surface area contributed by atoms with Gasteiger partial charge in [0.05, 0.1) is 6.54 Å². The highest BCUT2D eigenvalue weighted by atomic mass is 16.1. The quantitative estimate of drug-likeness (QED) is 0.694. The van der Waals surface area contributed by atoms with E-state index in [-0.39, 0.29) is 5.91 Å². The highest BCUT2D eigenvalue weighted by molar-refractivity contribution is 5.77.